The number of thiol groups is 1. The molecule has 0 aliphatic rings. The van der Waals surface area contributed by atoms with Crippen LogP contribution in [0.2, 0.25) is 0 Å². The highest BCUT2D eigenvalue weighted by Crippen LogP contribution is 2.01. The Hall–Kier alpha value is 0.310. The molecule has 0 aromatic heterocycles. The normalized spacial score (nSPS) is 11.0. The van der Waals surface area contributed by atoms with E-state index in [1.807, 2.05) is 0 Å². The Balaban J connectivity index is 2.97. The van der Waals surface area contributed by atoms with Crippen LogP contribution in [-0.4, -0.2) is 30.8 Å². The topological polar surface area (TPSA) is 3.24 Å². The smallest absolute Gasteiger partial charge is 0.00218 e. The summed E-state index contributed by atoms with van der Waals surface area (Å²) in [5.74, 6) is 1.05. The van der Waals surface area contributed by atoms with Crippen LogP contribution in [0.3, 0.4) is 0 Å². The second kappa shape index (κ2) is 9.40. The standard InChI is InChI=1S/C10H23NS/c1-3-8-11(2)9-6-4-5-7-10-12/h12H,3-10H2,1-2H3. The zero-order valence-electron chi connectivity index (χ0n) is 8.55. The Morgan fingerprint density at radius 1 is 1.00 bits per heavy atom. The summed E-state index contributed by atoms with van der Waals surface area (Å²) in [6.45, 7) is 4.74. The minimum Gasteiger partial charge on any atom is -0.306 e. The predicted molar refractivity (Wildman–Crippen MR) is 60.1 cm³/mol. The van der Waals surface area contributed by atoms with Gasteiger partial charge in [0.05, 0.1) is 0 Å². The van der Waals surface area contributed by atoms with Crippen molar-refractivity contribution in [3.05, 3.63) is 0 Å². The van der Waals surface area contributed by atoms with Crippen molar-refractivity contribution in [2.24, 2.45) is 0 Å². The first-order valence-electron chi connectivity index (χ1n) is 5.10. The van der Waals surface area contributed by atoms with Gasteiger partial charge in [-0.2, -0.15) is 12.6 Å². The van der Waals surface area contributed by atoms with Crippen LogP contribution in [0, 0.1) is 0 Å². The third-order valence-electron chi connectivity index (χ3n) is 2.05. The molecule has 0 aromatic carbocycles. The van der Waals surface area contributed by atoms with Crippen LogP contribution in [-0.2, 0) is 0 Å². The maximum absolute atomic E-state index is 4.19. The molecule has 0 amide bonds. The Bertz CT molecular complexity index is 85.9. The van der Waals surface area contributed by atoms with Crippen molar-refractivity contribution in [3.63, 3.8) is 0 Å². The van der Waals surface area contributed by atoms with Crippen LogP contribution in [0.15, 0.2) is 0 Å². The largest absolute Gasteiger partial charge is 0.306 e. The van der Waals surface area contributed by atoms with E-state index in [9.17, 15) is 0 Å². The van der Waals surface area contributed by atoms with Crippen molar-refractivity contribution in [3.8, 4) is 0 Å². The molecule has 0 N–H and O–H groups in total. The summed E-state index contributed by atoms with van der Waals surface area (Å²) in [5.41, 5.74) is 0. The van der Waals surface area contributed by atoms with E-state index in [-0.39, 0.29) is 0 Å². The zero-order chi connectivity index (χ0) is 9.23. The number of hydrogen-bond donors (Lipinski definition) is 1. The second-order valence-corrected chi connectivity index (χ2v) is 3.89. The van der Waals surface area contributed by atoms with Crippen molar-refractivity contribution in [2.45, 2.75) is 39.0 Å². The summed E-state index contributed by atoms with van der Waals surface area (Å²) >= 11 is 4.19. The van der Waals surface area contributed by atoms with Gasteiger partial charge in [0.15, 0.2) is 0 Å². The van der Waals surface area contributed by atoms with E-state index in [0.29, 0.717) is 0 Å². The average molecular weight is 189 g/mol. The fourth-order valence-electron chi connectivity index (χ4n) is 1.34. The lowest BCUT2D eigenvalue weighted by Gasteiger charge is -2.14. The monoisotopic (exact) mass is 189 g/mol. The molecule has 0 unspecified atom stereocenters. The molecule has 1 nitrogen and oxygen atoms in total. The summed E-state index contributed by atoms with van der Waals surface area (Å²) in [5, 5.41) is 0. The Morgan fingerprint density at radius 3 is 2.25 bits per heavy atom. The van der Waals surface area contributed by atoms with Gasteiger partial charge in [0.1, 0.15) is 0 Å². The van der Waals surface area contributed by atoms with E-state index in [1.54, 1.807) is 0 Å². The van der Waals surface area contributed by atoms with Gasteiger partial charge < -0.3 is 4.90 Å². The Morgan fingerprint density at radius 2 is 1.67 bits per heavy atom. The highest BCUT2D eigenvalue weighted by molar-refractivity contribution is 7.80. The van der Waals surface area contributed by atoms with Crippen molar-refractivity contribution in [2.75, 3.05) is 25.9 Å². The van der Waals surface area contributed by atoms with Crippen molar-refractivity contribution in [1.82, 2.24) is 4.90 Å². The zero-order valence-corrected chi connectivity index (χ0v) is 9.45. The lowest BCUT2D eigenvalue weighted by Crippen LogP contribution is -2.20. The maximum atomic E-state index is 4.19. The lowest BCUT2D eigenvalue weighted by atomic mass is 10.2. The first-order valence-corrected chi connectivity index (χ1v) is 5.74. The molecule has 0 heterocycles. The number of nitrogens with zero attached hydrogens (tertiary/aromatic N) is 1. The molecule has 0 rings (SSSR count). The first kappa shape index (κ1) is 12.3. The average Bonchev–Trinajstić information content (AvgIpc) is 2.05. The third-order valence-corrected chi connectivity index (χ3v) is 2.37. The van der Waals surface area contributed by atoms with Crippen LogP contribution >= 0.6 is 12.6 Å². The van der Waals surface area contributed by atoms with Crippen molar-refractivity contribution < 1.29 is 0 Å². The molecule has 0 atom stereocenters. The van der Waals surface area contributed by atoms with E-state index < -0.39 is 0 Å². The van der Waals surface area contributed by atoms with E-state index in [1.165, 1.54) is 45.2 Å². The molecule has 0 saturated carbocycles. The van der Waals surface area contributed by atoms with Crippen LogP contribution in [0.1, 0.15) is 39.0 Å². The van der Waals surface area contributed by atoms with Gasteiger partial charge in [-0.15, -0.1) is 0 Å². The number of hydrogen-bond acceptors (Lipinski definition) is 2. The first-order chi connectivity index (χ1) is 5.81. The molecule has 0 radical (unpaired) electrons. The molecular formula is C10H23NS. The Labute approximate surface area is 82.9 Å². The van der Waals surface area contributed by atoms with Crippen molar-refractivity contribution >= 4 is 12.6 Å². The predicted octanol–water partition coefficient (Wildman–Crippen LogP) is 2.82. The Kier molecular flexibility index (Phi) is 9.64. The molecule has 0 fully saturated rings. The molecule has 12 heavy (non-hydrogen) atoms. The summed E-state index contributed by atoms with van der Waals surface area (Å²) in [6, 6.07) is 0. The van der Waals surface area contributed by atoms with Gasteiger partial charge >= 0.3 is 0 Å². The van der Waals surface area contributed by atoms with Crippen LogP contribution in [0.25, 0.3) is 0 Å². The summed E-state index contributed by atoms with van der Waals surface area (Å²) < 4.78 is 0. The van der Waals surface area contributed by atoms with E-state index in [4.69, 9.17) is 0 Å². The van der Waals surface area contributed by atoms with E-state index >= 15 is 0 Å². The summed E-state index contributed by atoms with van der Waals surface area (Å²) in [7, 11) is 2.21. The van der Waals surface area contributed by atoms with Gasteiger partial charge in [0.25, 0.3) is 0 Å². The van der Waals surface area contributed by atoms with Gasteiger partial charge in [-0.1, -0.05) is 19.8 Å². The van der Waals surface area contributed by atoms with E-state index in [2.05, 4.69) is 31.5 Å². The molecule has 0 spiro atoms. The second-order valence-electron chi connectivity index (χ2n) is 3.44. The molecule has 0 saturated heterocycles. The molecule has 0 aliphatic carbocycles. The van der Waals surface area contributed by atoms with Gasteiger partial charge in [0.2, 0.25) is 0 Å². The highest BCUT2D eigenvalue weighted by Gasteiger charge is 1.95. The van der Waals surface area contributed by atoms with E-state index in [0.717, 1.165) is 5.75 Å². The summed E-state index contributed by atoms with van der Waals surface area (Å²) in [6.07, 6.45) is 6.62. The van der Waals surface area contributed by atoms with Gasteiger partial charge in [-0.25, -0.2) is 0 Å². The number of unbranched alkanes of at least 4 members (excludes halogenated alkanes) is 3. The summed E-state index contributed by atoms with van der Waals surface area (Å²) in [4.78, 5) is 2.42. The van der Waals surface area contributed by atoms with Gasteiger partial charge in [-0.05, 0) is 45.2 Å². The van der Waals surface area contributed by atoms with Crippen molar-refractivity contribution in [1.29, 1.82) is 0 Å². The van der Waals surface area contributed by atoms with Gasteiger partial charge in [-0.3, -0.25) is 0 Å². The SMILES string of the molecule is CCCN(C)CCCCCCS. The van der Waals surface area contributed by atoms with Crippen LogP contribution < -0.4 is 0 Å². The minimum atomic E-state index is 1.05. The highest BCUT2D eigenvalue weighted by atomic mass is 32.1. The molecule has 0 bridgehead atoms. The molecule has 0 aromatic rings. The molecule has 74 valence electrons. The van der Waals surface area contributed by atoms with Gasteiger partial charge in [0, 0.05) is 0 Å². The molecular weight excluding hydrogens is 166 g/mol. The fraction of sp³-hybridized carbons (Fsp3) is 1.00. The lowest BCUT2D eigenvalue weighted by molar-refractivity contribution is 0.325. The molecule has 0 aliphatic heterocycles. The fourth-order valence-corrected chi connectivity index (χ4v) is 1.56. The quantitative estimate of drug-likeness (QED) is 0.454. The number of rotatable bonds is 8. The third kappa shape index (κ3) is 8.41. The van der Waals surface area contributed by atoms with Crippen LogP contribution in [0.5, 0.6) is 0 Å². The molecule has 2 heteroatoms. The van der Waals surface area contributed by atoms with Crippen LogP contribution in [0.4, 0.5) is 0 Å². The maximum Gasteiger partial charge on any atom is -0.00218 e. The minimum absolute atomic E-state index is 1.05.